The van der Waals surface area contributed by atoms with E-state index in [1.54, 1.807) is 0 Å². The van der Waals surface area contributed by atoms with Gasteiger partial charge in [-0.15, -0.1) is 0 Å². The molecule has 0 aromatic heterocycles. The van der Waals surface area contributed by atoms with E-state index >= 15 is 0 Å². The van der Waals surface area contributed by atoms with Crippen LogP contribution in [0.5, 0.6) is 0 Å². The average molecular weight is 312 g/mol. The summed E-state index contributed by atoms with van der Waals surface area (Å²) in [6.07, 6.45) is 16.9. The number of ketones is 1. The Labute approximate surface area is 137 Å². The van der Waals surface area contributed by atoms with Crippen molar-refractivity contribution < 1.29 is 14.3 Å². The highest BCUT2D eigenvalue weighted by atomic mass is 16.5. The molecule has 0 radical (unpaired) electrons. The number of carbonyl (C=O) groups excluding carboxylic acids is 2. The van der Waals surface area contributed by atoms with E-state index in [-0.39, 0.29) is 18.2 Å². The highest BCUT2D eigenvalue weighted by Gasteiger charge is 2.05. The molecule has 130 valence electrons. The summed E-state index contributed by atoms with van der Waals surface area (Å²) < 4.78 is 4.99. The van der Waals surface area contributed by atoms with Crippen LogP contribution in [0.2, 0.25) is 0 Å². The molecule has 0 fully saturated rings. The Morgan fingerprint density at radius 2 is 1.09 bits per heavy atom. The second-order valence-corrected chi connectivity index (χ2v) is 6.34. The lowest BCUT2D eigenvalue weighted by atomic mass is 10.0. The van der Waals surface area contributed by atoms with Crippen molar-refractivity contribution >= 4 is 11.8 Å². The van der Waals surface area contributed by atoms with Gasteiger partial charge in [0.2, 0.25) is 0 Å². The number of unbranched alkanes of at least 4 members (excludes halogenated alkanes) is 12. The van der Waals surface area contributed by atoms with Gasteiger partial charge in [-0.05, 0) is 13.3 Å². The summed E-state index contributed by atoms with van der Waals surface area (Å²) in [5.74, 6) is -0.512. The summed E-state index contributed by atoms with van der Waals surface area (Å²) in [7, 11) is 0. The zero-order chi connectivity index (χ0) is 16.5. The van der Waals surface area contributed by atoms with Crippen molar-refractivity contribution in [3.8, 4) is 0 Å². The van der Waals surface area contributed by atoms with Gasteiger partial charge in [0.05, 0.1) is 6.61 Å². The van der Waals surface area contributed by atoms with E-state index in [4.69, 9.17) is 4.74 Å². The maximum atomic E-state index is 11.1. The fraction of sp³-hybridized carbons (Fsp3) is 0.895. The summed E-state index contributed by atoms with van der Waals surface area (Å²) in [6, 6.07) is 0. The van der Waals surface area contributed by atoms with Crippen LogP contribution in [0.15, 0.2) is 0 Å². The average Bonchev–Trinajstić information content (AvgIpc) is 2.47. The van der Waals surface area contributed by atoms with Gasteiger partial charge in [0, 0.05) is 0 Å². The molecule has 0 saturated heterocycles. The molecule has 0 bridgehead atoms. The normalized spacial score (nSPS) is 10.6. The molecule has 0 aliphatic rings. The van der Waals surface area contributed by atoms with Gasteiger partial charge in [0.1, 0.15) is 12.2 Å². The summed E-state index contributed by atoms with van der Waals surface area (Å²) in [6.45, 7) is 4.13. The third-order valence-corrected chi connectivity index (χ3v) is 3.90. The van der Waals surface area contributed by atoms with Crippen molar-refractivity contribution in [1.82, 2.24) is 0 Å². The number of esters is 1. The molecule has 0 spiro atoms. The van der Waals surface area contributed by atoms with Crippen molar-refractivity contribution in [2.75, 3.05) is 6.61 Å². The predicted octanol–water partition coefficient (Wildman–Crippen LogP) is 5.60. The fourth-order valence-electron chi connectivity index (χ4n) is 2.56. The molecule has 0 unspecified atom stereocenters. The van der Waals surface area contributed by atoms with Crippen LogP contribution < -0.4 is 0 Å². The van der Waals surface area contributed by atoms with Crippen LogP contribution in [0.4, 0.5) is 0 Å². The van der Waals surface area contributed by atoms with Crippen molar-refractivity contribution in [1.29, 1.82) is 0 Å². The number of Topliss-reactive ketones (excluding diaryl/α,β-unsaturated/α-hetero) is 1. The molecular weight excluding hydrogens is 276 g/mol. The molecule has 3 nitrogen and oxygen atoms in total. The topological polar surface area (TPSA) is 43.4 Å². The van der Waals surface area contributed by atoms with E-state index in [0.29, 0.717) is 6.61 Å². The van der Waals surface area contributed by atoms with Crippen molar-refractivity contribution in [2.45, 2.75) is 104 Å². The maximum absolute atomic E-state index is 11.1. The van der Waals surface area contributed by atoms with Gasteiger partial charge in [-0.3, -0.25) is 9.59 Å². The van der Waals surface area contributed by atoms with Gasteiger partial charge < -0.3 is 4.74 Å². The number of hydrogen-bond acceptors (Lipinski definition) is 3. The Balaban J connectivity index is 3.08. The second kappa shape index (κ2) is 16.5. The molecule has 0 atom stereocenters. The highest BCUT2D eigenvalue weighted by molar-refractivity contribution is 5.94. The van der Waals surface area contributed by atoms with E-state index < -0.39 is 0 Å². The molecule has 0 aromatic rings. The first-order valence-corrected chi connectivity index (χ1v) is 9.32. The smallest absolute Gasteiger partial charge is 0.313 e. The monoisotopic (exact) mass is 312 g/mol. The van der Waals surface area contributed by atoms with Crippen LogP contribution in [-0.4, -0.2) is 18.4 Å². The molecule has 0 saturated carbocycles. The van der Waals surface area contributed by atoms with E-state index in [1.807, 2.05) is 0 Å². The summed E-state index contributed by atoms with van der Waals surface area (Å²) in [5, 5.41) is 0. The first kappa shape index (κ1) is 21.1. The minimum Gasteiger partial charge on any atom is -0.465 e. The zero-order valence-corrected chi connectivity index (χ0v) is 14.8. The van der Waals surface area contributed by atoms with Crippen LogP contribution in [0.25, 0.3) is 0 Å². The molecule has 22 heavy (non-hydrogen) atoms. The van der Waals surface area contributed by atoms with Gasteiger partial charge in [-0.1, -0.05) is 84.0 Å². The lowest BCUT2D eigenvalue weighted by Crippen LogP contribution is -2.09. The Kier molecular flexibility index (Phi) is 15.9. The van der Waals surface area contributed by atoms with Gasteiger partial charge in [0.25, 0.3) is 0 Å². The van der Waals surface area contributed by atoms with E-state index in [2.05, 4.69) is 6.92 Å². The van der Waals surface area contributed by atoms with Gasteiger partial charge in [-0.2, -0.15) is 0 Å². The van der Waals surface area contributed by atoms with Gasteiger partial charge >= 0.3 is 5.97 Å². The Bertz CT molecular complexity index is 274. The number of rotatable bonds is 16. The van der Waals surface area contributed by atoms with Crippen LogP contribution in [0.1, 0.15) is 104 Å². The van der Waals surface area contributed by atoms with Crippen molar-refractivity contribution in [3.63, 3.8) is 0 Å². The van der Waals surface area contributed by atoms with E-state index in [0.717, 1.165) is 12.8 Å². The van der Waals surface area contributed by atoms with Crippen molar-refractivity contribution in [2.24, 2.45) is 0 Å². The largest absolute Gasteiger partial charge is 0.465 e. The molecule has 0 aliphatic heterocycles. The standard InChI is InChI=1S/C19H36O3/c1-3-4-5-6-7-8-9-10-11-12-13-14-15-16-22-19(21)17-18(2)20/h3-17H2,1-2H3. The molecule has 0 aromatic carbocycles. The van der Waals surface area contributed by atoms with Crippen LogP contribution >= 0.6 is 0 Å². The summed E-state index contributed by atoms with van der Waals surface area (Å²) in [4.78, 5) is 21.8. The van der Waals surface area contributed by atoms with Crippen LogP contribution in [0.3, 0.4) is 0 Å². The number of ether oxygens (including phenoxy) is 1. The lowest BCUT2D eigenvalue weighted by molar-refractivity contribution is -0.145. The highest BCUT2D eigenvalue weighted by Crippen LogP contribution is 2.12. The number of hydrogen-bond donors (Lipinski definition) is 0. The molecule has 3 heteroatoms. The fourth-order valence-corrected chi connectivity index (χ4v) is 2.56. The maximum Gasteiger partial charge on any atom is 0.313 e. The van der Waals surface area contributed by atoms with E-state index in [1.165, 1.54) is 77.6 Å². The van der Waals surface area contributed by atoms with Crippen LogP contribution in [0, 0.1) is 0 Å². The SMILES string of the molecule is CCCCCCCCCCCCCCCOC(=O)CC(C)=O. The molecule has 0 rings (SSSR count). The molecular formula is C19H36O3. The predicted molar refractivity (Wildman–Crippen MR) is 92.0 cm³/mol. The molecule has 0 heterocycles. The Morgan fingerprint density at radius 3 is 1.50 bits per heavy atom. The first-order chi connectivity index (χ1) is 10.7. The van der Waals surface area contributed by atoms with E-state index in [9.17, 15) is 9.59 Å². The third-order valence-electron chi connectivity index (χ3n) is 3.90. The van der Waals surface area contributed by atoms with Crippen LogP contribution in [-0.2, 0) is 14.3 Å². The molecule has 0 amide bonds. The third kappa shape index (κ3) is 17.2. The minimum absolute atomic E-state index is 0.0849. The zero-order valence-electron chi connectivity index (χ0n) is 14.8. The lowest BCUT2D eigenvalue weighted by Gasteiger charge is -2.04. The Morgan fingerprint density at radius 1 is 0.682 bits per heavy atom. The Hall–Kier alpha value is -0.860. The minimum atomic E-state index is -0.383. The summed E-state index contributed by atoms with van der Waals surface area (Å²) >= 11 is 0. The number of carbonyl (C=O) groups is 2. The van der Waals surface area contributed by atoms with Gasteiger partial charge in [0.15, 0.2) is 0 Å². The molecule has 0 aliphatic carbocycles. The summed E-state index contributed by atoms with van der Waals surface area (Å²) in [5.41, 5.74) is 0. The quantitative estimate of drug-likeness (QED) is 0.212. The molecule has 0 N–H and O–H groups in total. The first-order valence-electron chi connectivity index (χ1n) is 9.32. The van der Waals surface area contributed by atoms with Gasteiger partial charge in [-0.25, -0.2) is 0 Å². The van der Waals surface area contributed by atoms with Crippen molar-refractivity contribution in [3.05, 3.63) is 0 Å². The second-order valence-electron chi connectivity index (χ2n) is 6.34.